The summed E-state index contributed by atoms with van der Waals surface area (Å²) >= 11 is 6.21. The quantitative estimate of drug-likeness (QED) is 0.259. The van der Waals surface area contributed by atoms with Gasteiger partial charge in [0, 0.05) is 34.2 Å². The maximum absolute atomic E-state index is 13.4. The maximum Gasteiger partial charge on any atom is 0.276 e. The molecule has 0 spiro atoms. The molecule has 4 aromatic rings. The van der Waals surface area contributed by atoms with Crippen molar-refractivity contribution >= 4 is 38.7 Å². The predicted molar refractivity (Wildman–Crippen MR) is 136 cm³/mol. The molecule has 0 amide bonds. The lowest BCUT2D eigenvalue weighted by Crippen LogP contribution is -2.19. The Bertz CT molecular complexity index is 1470. The van der Waals surface area contributed by atoms with E-state index in [-0.39, 0.29) is 16.1 Å². The van der Waals surface area contributed by atoms with Gasteiger partial charge in [0.25, 0.3) is 10.0 Å². The Balaban J connectivity index is 1.58. The van der Waals surface area contributed by atoms with Crippen LogP contribution in [0, 0.1) is 5.82 Å². The molecule has 0 saturated heterocycles. The summed E-state index contributed by atoms with van der Waals surface area (Å²) < 4.78 is 40.7. The molecule has 34 heavy (non-hydrogen) atoms. The predicted octanol–water partition coefficient (Wildman–Crippen LogP) is 6.09. The minimum atomic E-state index is -3.81. The summed E-state index contributed by atoms with van der Waals surface area (Å²) in [6, 6.07) is 18.8. The molecule has 0 aliphatic heterocycles. The number of halogens is 2. The fourth-order valence-corrected chi connectivity index (χ4v) is 4.71. The Morgan fingerprint density at radius 3 is 2.44 bits per heavy atom. The Labute approximate surface area is 203 Å². The van der Waals surface area contributed by atoms with Crippen molar-refractivity contribution in [1.29, 1.82) is 0 Å². The molecule has 4 rings (SSSR count). The van der Waals surface area contributed by atoms with E-state index in [0.29, 0.717) is 11.6 Å². The van der Waals surface area contributed by atoms with Crippen LogP contribution in [0.2, 0.25) is 5.02 Å². The van der Waals surface area contributed by atoms with E-state index in [1.54, 1.807) is 18.2 Å². The Hall–Kier alpha value is -3.16. The molecule has 0 atom stereocenters. The van der Waals surface area contributed by atoms with Crippen molar-refractivity contribution in [2.45, 2.75) is 37.6 Å². The number of hydrazone groups is 1. The summed E-state index contributed by atoms with van der Waals surface area (Å²) in [6.07, 6.45) is 3.34. The second-order valence-electron chi connectivity index (χ2n) is 9.09. The number of nitrogens with one attached hydrogen (secondary N) is 1. The number of para-hydroxylation sites is 1. The SMILES string of the molecule is CC(C)(C)c1ccc(S(=O)(=O)N/N=C/c2cn(Cc3ccc(F)cc3Cl)c3ccccc23)cc1. The summed E-state index contributed by atoms with van der Waals surface area (Å²) in [4.78, 5) is 2.44. The van der Waals surface area contributed by atoms with Crippen LogP contribution >= 0.6 is 11.6 Å². The standard InChI is InChI=1S/C26H25ClFN3O2S/c1-26(2,3)20-9-12-22(13-10-20)34(32,33)30-29-15-19-17-31(25-7-5-4-6-23(19)25)16-18-8-11-21(28)14-24(18)27/h4-15,17,30H,16H2,1-3H3/b29-15+. The molecule has 8 heteroatoms. The number of nitrogens with zero attached hydrogens (tertiary/aromatic N) is 2. The van der Waals surface area contributed by atoms with Crippen molar-refractivity contribution in [3.8, 4) is 0 Å². The molecule has 0 bridgehead atoms. The van der Waals surface area contributed by atoms with Gasteiger partial charge in [0.15, 0.2) is 0 Å². The first-order valence-electron chi connectivity index (χ1n) is 10.7. The molecule has 5 nitrogen and oxygen atoms in total. The highest BCUT2D eigenvalue weighted by atomic mass is 35.5. The van der Waals surface area contributed by atoms with Crippen LogP contribution in [-0.4, -0.2) is 19.2 Å². The van der Waals surface area contributed by atoms with E-state index in [1.807, 2.05) is 47.2 Å². The Kier molecular flexibility index (Phi) is 6.51. The van der Waals surface area contributed by atoms with Gasteiger partial charge < -0.3 is 4.57 Å². The monoisotopic (exact) mass is 497 g/mol. The molecule has 0 aliphatic rings. The van der Waals surface area contributed by atoms with Gasteiger partial charge >= 0.3 is 0 Å². The molecular formula is C26H25ClFN3O2S. The van der Waals surface area contributed by atoms with Gasteiger partial charge in [-0.15, -0.1) is 0 Å². The summed E-state index contributed by atoms with van der Waals surface area (Å²) in [5.74, 6) is -0.390. The lowest BCUT2D eigenvalue weighted by molar-refractivity contribution is 0.580. The first-order valence-corrected chi connectivity index (χ1v) is 12.6. The molecule has 1 aromatic heterocycles. The molecule has 3 aromatic carbocycles. The molecule has 0 aliphatic carbocycles. The third-order valence-electron chi connectivity index (χ3n) is 5.58. The summed E-state index contributed by atoms with van der Waals surface area (Å²) in [7, 11) is -3.81. The van der Waals surface area contributed by atoms with Crippen LogP contribution < -0.4 is 4.83 Å². The van der Waals surface area contributed by atoms with Crippen molar-refractivity contribution in [3.05, 3.63) is 100 Å². The largest absolute Gasteiger partial charge is 0.342 e. The number of fused-ring (bicyclic) bond motifs is 1. The number of aromatic nitrogens is 1. The first kappa shape index (κ1) is 24.0. The number of sulfonamides is 1. The molecule has 176 valence electrons. The van der Waals surface area contributed by atoms with Crippen LogP contribution in [0.15, 0.2) is 82.9 Å². The minimum absolute atomic E-state index is 0.0692. The van der Waals surface area contributed by atoms with Crippen LogP contribution in [0.5, 0.6) is 0 Å². The fourth-order valence-electron chi connectivity index (χ4n) is 3.69. The number of hydrogen-bond acceptors (Lipinski definition) is 3. The summed E-state index contributed by atoms with van der Waals surface area (Å²) in [5.41, 5.74) is 3.40. The van der Waals surface area contributed by atoms with Crippen LogP contribution in [0.25, 0.3) is 10.9 Å². The molecule has 1 heterocycles. The molecule has 0 radical (unpaired) electrons. The zero-order valence-electron chi connectivity index (χ0n) is 19.1. The van der Waals surface area contributed by atoms with Crippen LogP contribution in [0.1, 0.15) is 37.5 Å². The molecule has 1 N–H and O–H groups in total. The zero-order chi connectivity index (χ0) is 24.5. The number of hydrogen-bond donors (Lipinski definition) is 1. The van der Waals surface area contributed by atoms with Crippen molar-refractivity contribution in [2.75, 3.05) is 0 Å². The smallest absolute Gasteiger partial charge is 0.276 e. The molecule has 0 saturated carbocycles. The van der Waals surface area contributed by atoms with Gasteiger partial charge in [0.1, 0.15) is 5.82 Å². The van der Waals surface area contributed by atoms with Crippen molar-refractivity contribution in [1.82, 2.24) is 9.40 Å². The van der Waals surface area contributed by atoms with Crippen LogP contribution in [0.4, 0.5) is 4.39 Å². The van der Waals surface area contributed by atoms with E-state index >= 15 is 0 Å². The maximum atomic E-state index is 13.4. The van der Waals surface area contributed by atoms with Gasteiger partial charge in [0.2, 0.25) is 0 Å². The van der Waals surface area contributed by atoms with Crippen LogP contribution in [0.3, 0.4) is 0 Å². The van der Waals surface area contributed by atoms with E-state index in [9.17, 15) is 12.8 Å². The van der Waals surface area contributed by atoms with Gasteiger partial charge in [-0.1, -0.05) is 68.8 Å². The Morgan fingerprint density at radius 2 is 1.76 bits per heavy atom. The van der Waals surface area contributed by atoms with E-state index in [2.05, 4.69) is 30.7 Å². The van der Waals surface area contributed by atoms with Gasteiger partial charge in [-0.3, -0.25) is 0 Å². The minimum Gasteiger partial charge on any atom is -0.342 e. The van der Waals surface area contributed by atoms with Gasteiger partial charge in [0.05, 0.1) is 11.1 Å². The molecular weight excluding hydrogens is 473 g/mol. The van der Waals surface area contributed by atoms with E-state index in [1.165, 1.54) is 18.3 Å². The second kappa shape index (κ2) is 9.24. The highest BCUT2D eigenvalue weighted by Gasteiger charge is 2.17. The molecule has 0 unspecified atom stereocenters. The fraction of sp³-hybridized carbons (Fsp3) is 0.192. The molecule has 0 fully saturated rings. The summed E-state index contributed by atoms with van der Waals surface area (Å²) in [6.45, 7) is 6.64. The average Bonchev–Trinajstić information content (AvgIpc) is 3.13. The zero-order valence-corrected chi connectivity index (χ0v) is 20.7. The first-order chi connectivity index (χ1) is 16.0. The van der Waals surface area contributed by atoms with Gasteiger partial charge in [-0.25, -0.2) is 9.22 Å². The van der Waals surface area contributed by atoms with E-state index in [4.69, 9.17) is 11.6 Å². The van der Waals surface area contributed by atoms with Gasteiger partial charge in [-0.05, 0) is 46.9 Å². The van der Waals surface area contributed by atoms with Crippen molar-refractivity contribution in [2.24, 2.45) is 5.10 Å². The normalized spacial score (nSPS) is 12.5. The second-order valence-corrected chi connectivity index (χ2v) is 11.2. The number of rotatable bonds is 6. The average molecular weight is 498 g/mol. The van der Waals surface area contributed by atoms with Gasteiger partial charge in [-0.2, -0.15) is 13.5 Å². The third kappa shape index (κ3) is 5.16. The van der Waals surface area contributed by atoms with E-state index in [0.717, 1.165) is 27.6 Å². The van der Waals surface area contributed by atoms with Crippen LogP contribution in [-0.2, 0) is 22.0 Å². The van der Waals surface area contributed by atoms with E-state index < -0.39 is 10.0 Å². The van der Waals surface area contributed by atoms with Crippen molar-refractivity contribution < 1.29 is 12.8 Å². The highest BCUT2D eigenvalue weighted by Crippen LogP contribution is 2.25. The summed E-state index contributed by atoms with van der Waals surface area (Å²) in [5, 5.41) is 5.26. The lowest BCUT2D eigenvalue weighted by Gasteiger charge is -2.19. The highest BCUT2D eigenvalue weighted by molar-refractivity contribution is 7.89. The number of benzene rings is 3. The van der Waals surface area contributed by atoms with Crippen molar-refractivity contribution in [3.63, 3.8) is 0 Å². The topological polar surface area (TPSA) is 63.5 Å². The lowest BCUT2D eigenvalue weighted by atomic mass is 9.87. The Morgan fingerprint density at radius 1 is 1.06 bits per heavy atom. The third-order valence-corrected chi connectivity index (χ3v) is 7.17.